The van der Waals surface area contributed by atoms with E-state index in [9.17, 15) is 9.90 Å². The topological polar surface area (TPSA) is 55.8 Å². The molecule has 0 radical (unpaired) electrons. The molecule has 0 aromatic rings. The number of carbonyl (C=O) groups is 1. The van der Waals surface area contributed by atoms with Crippen molar-refractivity contribution in [3.63, 3.8) is 0 Å². The second kappa shape index (κ2) is 5.64. The monoisotopic (exact) mass is 230 g/mol. The van der Waals surface area contributed by atoms with Gasteiger partial charge in [0.25, 0.3) is 0 Å². The predicted octanol–water partition coefficient (Wildman–Crippen LogP) is 1.51. The molecular formula is C12H22O4. The second-order valence-corrected chi connectivity index (χ2v) is 4.97. The Kier molecular flexibility index (Phi) is 4.74. The Morgan fingerprint density at radius 1 is 1.50 bits per heavy atom. The molecule has 94 valence electrons. The van der Waals surface area contributed by atoms with Crippen LogP contribution in [-0.2, 0) is 14.3 Å². The quantitative estimate of drug-likeness (QED) is 0.744. The highest BCUT2D eigenvalue weighted by Crippen LogP contribution is 2.26. The molecule has 1 N–H and O–H groups in total. The molecule has 1 aliphatic rings. The first-order valence-corrected chi connectivity index (χ1v) is 5.88. The summed E-state index contributed by atoms with van der Waals surface area (Å²) in [5.41, 5.74) is -1.53. The van der Waals surface area contributed by atoms with Crippen molar-refractivity contribution in [2.45, 2.75) is 51.2 Å². The molecule has 1 saturated carbocycles. The van der Waals surface area contributed by atoms with Gasteiger partial charge in [0, 0.05) is 0 Å². The number of carbonyl (C=O) groups excluding carboxylic acids is 1. The van der Waals surface area contributed by atoms with Gasteiger partial charge in [-0.05, 0) is 25.7 Å². The van der Waals surface area contributed by atoms with Gasteiger partial charge in [0.05, 0.1) is 19.8 Å². The molecule has 0 spiro atoms. The van der Waals surface area contributed by atoms with Gasteiger partial charge in [-0.25, -0.2) is 4.79 Å². The largest absolute Gasteiger partial charge is 0.467 e. The number of hydrogen-bond donors (Lipinski definition) is 1. The van der Waals surface area contributed by atoms with Crippen molar-refractivity contribution in [2.75, 3.05) is 13.7 Å². The van der Waals surface area contributed by atoms with Gasteiger partial charge in [0.15, 0.2) is 5.60 Å². The van der Waals surface area contributed by atoms with Crippen molar-refractivity contribution in [3.8, 4) is 0 Å². The third kappa shape index (κ3) is 3.76. The van der Waals surface area contributed by atoms with E-state index in [-0.39, 0.29) is 12.7 Å². The molecule has 16 heavy (non-hydrogen) atoms. The number of rotatable bonds is 4. The fourth-order valence-corrected chi connectivity index (χ4v) is 2.09. The summed E-state index contributed by atoms with van der Waals surface area (Å²) < 4.78 is 10.1. The summed E-state index contributed by atoms with van der Waals surface area (Å²) in [5, 5.41) is 9.78. The standard InChI is InChI=1S/C12H22O4/c1-9-5-4-6-10(7-9)16-8-12(2,14)11(13)15-3/h9-10,14H,4-8H2,1-3H3. The van der Waals surface area contributed by atoms with E-state index >= 15 is 0 Å². The van der Waals surface area contributed by atoms with E-state index < -0.39 is 11.6 Å². The highest BCUT2D eigenvalue weighted by Gasteiger charge is 2.33. The Morgan fingerprint density at radius 2 is 2.19 bits per heavy atom. The maximum atomic E-state index is 11.2. The molecule has 0 aliphatic heterocycles. The molecule has 1 fully saturated rings. The molecule has 0 aromatic carbocycles. The van der Waals surface area contributed by atoms with E-state index in [1.54, 1.807) is 0 Å². The van der Waals surface area contributed by atoms with Crippen LogP contribution in [0.2, 0.25) is 0 Å². The number of hydrogen-bond acceptors (Lipinski definition) is 4. The third-order valence-corrected chi connectivity index (χ3v) is 3.11. The van der Waals surface area contributed by atoms with E-state index in [0.717, 1.165) is 19.3 Å². The van der Waals surface area contributed by atoms with Crippen LogP contribution in [0.1, 0.15) is 39.5 Å². The number of methoxy groups -OCH3 is 1. The molecule has 4 nitrogen and oxygen atoms in total. The van der Waals surface area contributed by atoms with Crippen LogP contribution in [-0.4, -0.2) is 36.5 Å². The molecule has 0 aromatic heterocycles. The highest BCUT2D eigenvalue weighted by atomic mass is 16.6. The lowest BCUT2D eigenvalue weighted by Crippen LogP contribution is -2.42. The van der Waals surface area contributed by atoms with Crippen molar-refractivity contribution in [3.05, 3.63) is 0 Å². The Labute approximate surface area is 96.9 Å². The van der Waals surface area contributed by atoms with Crippen LogP contribution in [0.5, 0.6) is 0 Å². The summed E-state index contributed by atoms with van der Waals surface area (Å²) >= 11 is 0. The van der Waals surface area contributed by atoms with Gasteiger partial charge in [-0.2, -0.15) is 0 Å². The molecule has 0 saturated heterocycles. The van der Waals surface area contributed by atoms with Crippen LogP contribution in [0.3, 0.4) is 0 Å². The summed E-state index contributed by atoms with van der Waals surface area (Å²) in [7, 11) is 1.26. The van der Waals surface area contributed by atoms with Gasteiger partial charge < -0.3 is 14.6 Å². The minimum Gasteiger partial charge on any atom is -0.467 e. The van der Waals surface area contributed by atoms with Gasteiger partial charge in [-0.3, -0.25) is 0 Å². The normalized spacial score (nSPS) is 29.5. The molecule has 3 atom stereocenters. The van der Waals surface area contributed by atoms with Gasteiger partial charge in [-0.1, -0.05) is 19.8 Å². The zero-order chi connectivity index (χ0) is 12.2. The molecular weight excluding hydrogens is 208 g/mol. The van der Waals surface area contributed by atoms with Crippen molar-refractivity contribution in [2.24, 2.45) is 5.92 Å². The summed E-state index contributed by atoms with van der Waals surface area (Å²) in [6.07, 6.45) is 4.60. The molecule has 3 unspecified atom stereocenters. The van der Waals surface area contributed by atoms with E-state index in [4.69, 9.17) is 4.74 Å². The van der Waals surface area contributed by atoms with Gasteiger partial charge in [0.1, 0.15) is 0 Å². The lowest BCUT2D eigenvalue weighted by atomic mass is 9.88. The Morgan fingerprint density at radius 3 is 2.75 bits per heavy atom. The zero-order valence-corrected chi connectivity index (χ0v) is 10.4. The first-order chi connectivity index (χ1) is 7.45. The van der Waals surface area contributed by atoms with E-state index in [2.05, 4.69) is 11.7 Å². The van der Waals surface area contributed by atoms with Crippen LogP contribution in [0.15, 0.2) is 0 Å². The Balaban J connectivity index is 2.35. The zero-order valence-electron chi connectivity index (χ0n) is 10.4. The second-order valence-electron chi connectivity index (χ2n) is 4.97. The maximum absolute atomic E-state index is 11.2. The molecule has 1 rings (SSSR count). The van der Waals surface area contributed by atoms with Gasteiger partial charge >= 0.3 is 5.97 Å². The van der Waals surface area contributed by atoms with Crippen molar-refractivity contribution >= 4 is 5.97 Å². The van der Waals surface area contributed by atoms with Crippen molar-refractivity contribution in [1.29, 1.82) is 0 Å². The average Bonchev–Trinajstić information content (AvgIpc) is 2.25. The van der Waals surface area contributed by atoms with Crippen LogP contribution < -0.4 is 0 Å². The Hall–Kier alpha value is -0.610. The first kappa shape index (κ1) is 13.5. The minimum absolute atomic E-state index is 0.0110. The SMILES string of the molecule is COC(=O)C(C)(O)COC1CCCC(C)C1. The molecule has 4 heteroatoms. The fourth-order valence-electron chi connectivity index (χ4n) is 2.09. The van der Waals surface area contributed by atoms with Crippen LogP contribution in [0.4, 0.5) is 0 Å². The maximum Gasteiger partial charge on any atom is 0.339 e. The van der Waals surface area contributed by atoms with Crippen molar-refractivity contribution in [1.82, 2.24) is 0 Å². The van der Waals surface area contributed by atoms with E-state index in [1.807, 2.05) is 0 Å². The van der Waals surface area contributed by atoms with E-state index in [0.29, 0.717) is 5.92 Å². The summed E-state index contributed by atoms with van der Waals surface area (Å²) in [4.78, 5) is 11.2. The number of aliphatic hydroxyl groups is 1. The lowest BCUT2D eigenvalue weighted by Gasteiger charge is -2.29. The van der Waals surface area contributed by atoms with Crippen LogP contribution in [0, 0.1) is 5.92 Å². The molecule has 0 bridgehead atoms. The molecule has 0 heterocycles. The van der Waals surface area contributed by atoms with Gasteiger partial charge in [0.2, 0.25) is 0 Å². The van der Waals surface area contributed by atoms with E-state index in [1.165, 1.54) is 20.5 Å². The Bertz CT molecular complexity index is 237. The first-order valence-electron chi connectivity index (χ1n) is 5.88. The van der Waals surface area contributed by atoms with Crippen molar-refractivity contribution < 1.29 is 19.4 Å². The summed E-state index contributed by atoms with van der Waals surface area (Å²) in [6, 6.07) is 0. The third-order valence-electron chi connectivity index (χ3n) is 3.11. The molecule has 0 amide bonds. The van der Waals surface area contributed by atoms with Gasteiger partial charge in [-0.15, -0.1) is 0 Å². The smallest absolute Gasteiger partial charge is 0.339 e. The van der Waals surface area contributed by atoms with Crippen LogP contribution >= 0.6 is 0 Å². The minimum atomic E-state index is -1.53. The summed E-state index contributed by atoms with van der Waals surface area (Å²) in [5.74, 6) is 0.0261. The fraction of sp³-hybridized carbons (Fsp3) is 0.917. The summed E-state index contributed by atoms with van der Waals surface area (Å²) in [6.45, 7) is 3.64. The lowest BCUT2D eigenvalue weighted by molar-refractivity contribution is -0.169. The molecule has 1 aliphatic carbocycles. The number of ether oxygens (including phenoxy) is 2. The highest BCUT2D eigenvalue weighted by molar-refractivity contribution is 5.78. The number of esters is 1. The average molecular weight is 230 g/mol. The predicted molar refractivity (Wildman–Crippen MR) is 60.0 cm³/mol. The van der Waals surface area contributed by atoms with Crippen LogP contribution in [0.25, 0.3) is 0 Å².